The molecule has 0 saturated heterocycles. The first-order valence-corrected chi connectivity index (χ1v) is 5.12. The molecule has 0 radical (unpaired) electrons. The Morgan fingerprint density at radius 2 is 0.889 bits per heavy atom. The van der Waals surface area contributed by atoms with E-state index in [2.05, 4.69) is 41.5 Å². The minimum atomic E-state index is 0.0880. The molecule has 0 aromatic carbocycles. The predicted molar refractivity (Wildman–Crippen MR) is 46.6 cm³/mol. The van der Waals surface area contributed by atoms with Gasteiger partial charge in [0.05, 0.1) is 0 Å². The predicted octanol–water partition coefficient (Wildman–Crippen LogP) is 2.86. The van der Waals surface area contributed by atoms with Crippen LogP contribution in [0.25, 0.3) is 0 Å². The maximum absolute atomic E-state index is 2.35. The Balaban J connectivity index is 3.75. The molecule has 54 valence electrons. The molecular formula is C8H19Al. The van der Waals surface area contributed by atoms with Crippen molar-refractivity contribution in [2.24, 2.45) is 0 Å². The Morgan fingerprint density at radius 1 is 0.667 bits per heavy atom. The molecule has 0 rings (SSSR count). The molecule has 0 nitrogen and oxygen atoms in total. The molecule has 0 aromatic heterocycles. The largest absolute Gasteiger partial charge is 0.250 e. The lowest BCUT2D eigenvalue weighted by Crippen LogP contribution is -2.18. The van der Waals surface area contributed by atoms with Crippen molar-refractivity contribution < 1.29 is 0 Å². The van der Waals surface area contributed by atoms with Gasteiger partial charge in [0, 0.05) is 0 Å². The number of rotatable bonds is 0. The number of hydrogen-bond acceptors (Lipinski definition) is 0. The molecule has 0 fully saturated rings. The smallest absolute Gasteiger partial charge is 0.0825 e. The SMILES string of the molecule is C[C](C)(C)[AlH][C](C)(C)C. The van der Waals surface area contributed by atoms with Gasteiger partial charge in [-0.15, -0.1) is 0 Å². The van der Waals surface area contributed by atoms with E-state index in [0.717, 1.165) is 0 Å². The molecule has 0 aromatic rings. The molecule has 0 amide bonds. The molecule has 0 unspecified atom stereocenters. The highest BCUT2D eigenvalue weighted by Gasteiger charge is 2.23. The van der Waals surface area contributed by atoms with E-state index in [1.807, 2.05) is 0 Å². The van der Waals surface area contributed by atoms with Crippen LogP contribution in [-0.2, 0) is 0 Å². The van der Waals surface area contributed by atoms with Crippen molar-refractivity contribution in [2.75, 3.05) is 0 Å². The van der Waals surface area contributed by atoms with Crippen LogP contribution in [0, 0.1) is 0 Å². The molecule has 0 aliphatic carbocycles. The van der Waals surface area contributed by atoms with E-state index in [4.69, 9.17) is 0 Å². The fourth-order valence-corrected chi connectivity index (χ4v) is 4.77. The summed E-state index contributed by atoms with van der Waals surface area (Å²) >= 11 is 0.0880. The van der Waals surface area contributed by atoms with Gasteiger partial charge in [0.25, 0.3) is 15.2 Å². The highest BCUT2D eigenvalue weighted by molar-refractivity contribution is 6.43. The van der Waals surface area contributed by atoms with Crippen molar-refractivity contribution in [3.63, 3.8) is 0 Å². The van der Waals surface area contributed by atoms with E-state index < -0.39 is 0 Å². The molecule has 0 spiro atoms. The molecule has 0 heterocycles. The van der Waals surface area contributed by atoms with Crippen LogP contribution in [0.15, 0.2) is 0 Å². The quantitative estimate of drug-likeness (QED) is 0.456. The summed E-state index contributed by atoms with van der Waals surface area (Å²) in [6.07, 6.45) is 0. The van der Waals surface area contributed by atoms with E-state index in [1.54, 1.807) is 0 Å². The third-order valence-electron chi connectivity index (χ3n) is 1.06. The van der Waals surface area contributed by atoms with Crippen LogP contribution in [0.4, 0.5) is 0 Å². The summed E-state index contributed by atoms with van der Waals surface area (Å²) in [7, 11) is 0. The summed E-state index contributed by atoms with van der Waals surface area (Å²) in [6, 6.07) is 0. The summed E-state index contributed by atoms with van der Waals surface area (Å²) in [6.45, 7) is 14.1. The molecule has 0 aliphatic heterocycles. The summed E-state index contributed by atoms with van der Waals surface area (Å²) in [4.78, 5) is 0. The maximum Gasteiger partial charge on any atom is 0.250 e. The van der Waals surface area contributed by atoms with Gasteiger partial charge in [-0.3, -0.25) is 0 Å². The molecule has 0 bridgehead atoms. The lowest BCUT2D eigenvalue weighted by Gasteiger charge is -2.25. The van der Waals surface area contributed by atoms with Crippen molar-refractivity contribution in [2.45, 2.75) is 50.1 Å². The molecule has 0 aliphatic rings. The van der Waals surface area contributed by atoms with Crippen molar-refractivity contribution in [3.05, 3.63) is 0 Å². The lowest BCUT2D eigenvalue weighted by atomic mass is 10.2. The molecule has 0 saturated carbocycles. The minimum absolute atomic E-state index is 0.0880. The second-order valence-corrected chi connectivity index (χ2v) is 9.89. The van der Waals surface area contributed by atoms with Crippen LogP contribution in [-0.4, -0.2) is 15.2 Å². The third kappa shape index (κ3) is 8.53. The minimum Gasteiger partial charge on any atom is -0.0825 e. The van der Waals surface area contributed by atoms with E-state index in [0.29, 0.717) is 8.55 Å². The zero-order valence-electron chi connectivity index (χ0n) is 7.71. The Kier molecular flexibility index (Phi) is 2.80. The van der Waals surface area contributed by atoms with Crippen LogP contribution in [0.2, 0.25) is 8.55 Å². The zero-order chi connectivity index (χ0) is 7.71. The van der Waals surface area contributed by atoms with Crippen LogP contribution < -0.4 is 0 Å². The molecular weight excluding hydrogens is 123 g/mol. The first-order valence-electron chi connectivity index (χ1n) is 3.71. The van der Waals surface area contributed by atoms with Gasteiger partial charge in [-0.2, -0.15) is 0 Å². The normalized spacial score (nSPS) is 13.6. The standard InChI is InChI=1S/2C4H9.Al.H/c2*1-4(2)3;;/h2*1-3H3;;. The Morgan fingerprint density at radius 3 is 0.889 bits per heavy atom. The molecule has 0 N–H and O–H groups in total. The van der Waals surface area contributed by atoms with E-state index >= 15 is 0 Å². The van der Waals surface area contributed by atoms with Gasteiger partial charge in [-0.05, 0) is 0 Å². The monoisotopic (exact) mass is 142 g/mol. The summed E-state index contributed by atoms with van der Waals surface area (Å²) in [5.41, 5.74) is 0. The van der Waals surface area contributed by atoms with Gasteiger partial charge in [-0.1, -0.05) is 50.1 Å². The lowest BCUT2D eigenvalue weighted by molar-refractivity contribution is 0.668. The van der Waals surface area contributed by atoms with Crippen molar-refractivity contribution in [1.29, 1.82) is 0 Å². The van der Waals surface area contributed by atoms with Gasteiger partial charge < -0.3 is 0 Å². The van der Waals surface area contributed by atoms with Crippen LogP contribution in [0.5, 0.6) is 0 Å². The van der Waals surface area contributed by atoms with Crippen molar-refractivity contribution in [1.82, 2.24) is 0 Å². The second kappa shape index (κ2) is 2.64. The highest BCUT2D eigenvalue weighted by Crippen LogP contribution is 2.33. The van der Waals surface area contributed by atoms with Crippen LogP contribution >= 0.6 is 0 Å². The van der Waals surface area contributed by atoms with Crippen LogP contribution in [0.1, 0.15) is 41.5 Å². The van der Waals surface area contributed by atoms with Gasteiger partial charge in [0.15, 0.2) is 0 Å². The average Bonchev–Trinajstić information content (AvgIpc) is 1.14. The topological polar surface area (TPSA) is 0 Å². The van der Waals surface area contributed by atoms with Crippen molar-refractivity contribution >= 4 is 15.2 Å². The first kappa shape index (κ1) is 9.53. The Hall–Kier alpha value is 0.532. The van der Waals surface area contributed by atoms with Gasteiger partial charge >= 0.3 is 0 Å². The first-order chi connectivity index (χ1) is 3.71. The van der Waals surface area contributed by atoms with Crippen LogP contribution in [0.3, 0.4) is 0 Å². The molecule has 1 heteroatoms. The average molecular weight is 142 g/mol. The van der Waals surface area contributed by atoms with Gasteiger partial charge in [0.2, 0.25) is 0 Å². The number of hydrogen-bond donors (Lipinski definition) is 0. The molecule has 0 atom stereocenters. The fourth-order valence-electron chi connectivity index (χ4n) is 1.59. The van der Waals surface area contributed by atoms with E-state index in [1.165, 1.54) is 0 Å². The summed E-state index contributed by atoms with van der Waals surface area (Å²) < 4.78 is 1.25. The van der Waals surface area contributed by atoms with Gasteiger partial charge in [0.1, 0.15) is 0 Å². The third-order valence-corrected chi connectivity index (χ3v) is 3.18. The zero-order valence-corrected chi connectivity index (χ0v) is 9.12. The highest BCUT2D eigenvalue weighted by atomic mass is 27.1. The second-order valence-electron chi connectivity index (χ2n) is 5.30. The van der Waals surface area contributed by atoms with Gasteiger partial charge in [-0.25, -0.2) is 0 Å². The Labute approximate surface area is 65.7 Å². The maximum atomic E-state index is 2.35. The van der Waals surface area contributed by atoms with Crippen molar-refractivity contribution in [3.8, 4) is 0 Å². The Bertz CT molecular complexity index is 69.7. The van der Waals surface area contributed by atoms with E-state index in [9.17, 15) is 0 Å². The molecule has 9 heavy (non-hydrogen) atoms. The summed E-state index contributed by atoms with van der Waals surface area (Å²) in [5, 5.41) is 0. The fraction of sp³-hybridized carbons (Fsp3) is 1.00. The van der Waals surface area contributed by atoms with E-state index in [-0.39, 0.29) is 15.2 Å². The summed E-state index contributed by atoms with van der Waals surface area (Å²) in [5.74, 6) is 0.